The molecule has 0 amide bonds. The van der Waals surface area contributed by atoms with Crippen molar-refractivity contribution in [2.75, 3.05) is 7.11 Å². The monoisotopic (exact) mass is 311 g/mol. The number of hydrogen-bond acceptors (Lipinski definition) is 3. The average Bonchev–Trinajstić information content (AvgIpc) is 2.48. The van der Waals surface area contributed by atoms with Crippen LogP contribution in [0.5, 0.6) is 5.75 Å². The molecule has 0 aliphatic heterocycles. The van der Waals surface area contributed by atoms with Gasteiger partial charge in [-0.1, -0.05) is 32.8 Å². The van der Waals surface area contributed by atoms with Gasteiger partial charge in [-0.25, -0.2) is 13.1 Å². The van der Waals surface area contributed by atoms with Crippen LogP contribution in [0.4, 0.5) is 0 Å². The van der Waals surface area contributed by atoms with E-state index in [2.05, 4.69) is 11.6 Å². The fourth-order valence-corrected chi connectivity index (χ4v) is 4.50. The van der Waals surface area contributed by atoms with Crippen molar-refractivity contribution in [3.63, 3.8) is 0 Å². The highest BCUT2D eigenvalue weighted by Crippen LogP contribution is 2.29. The van der Waals surface area contributed by atoms with E-state index in [1.165, 1.54) is 13.5 Å². The Balaban J connectivity index is 2.30. The second kappa shape index (κ2) is 6.79. The van der Waals surface area contributed by atoms with Crippen molar-refractivity contribution < 1.29 is 13.2 Å². The van der Waals surface area contributed by atoms with E-state index >= 15 is 0 Å². The van der Waals surface area contributed by atoms with Crippen LogP contribution in [0.3, 0.4) is 0 Å². The first-order valence-corrected chi connectivity index (χ1v) is 9.15. The summed E-state index contributed by atoms with van der Waals surface area (Å²) in [5, 5.41) is 0. The summed E-state index contributed by atoms with van der Waals surface area (Å²) in [4.78, 5) is 0.252. The summed E-state index contributed by atoms with van der Waals surface area (Å²) in [6, 6.07) is 5.38. The molecule has 1 saturated carbocycles. The smallest absolute Gasteiger partial charge is 0.244 e. The second-order valence-corrected chi connectivity index (χ2v) is 7.51. The quantitative estimate of drug-likeness (QED) is 0.909. The SMILES string of the molecule is CCc1ccc(OC)c(S(=O)(=O)N[C@H]2CCCC[C@H]2C)c1. The lowest BCUT2D eigenvalue weighted by molar-refractivity contribution is 0.310. The summed E-state index contributed by atoms with van der Waals surface area (Å²) < 4.78 is 33.5. The third-order valence-corrected chi connectivity index (χ3v) is 5.85. The van der Waals surface area contributed by atoms with Crippen LogP contribution in [0.1, 0.15) is 45.1 Å². The van der Waals surface area contributed by atoms with Gasteiger partial charge in [0, 0.05) is 6.04 Å². The van der Waals surface area contributed by atoms with Crippen molar-refractivity contribution >= 4 is 10.0 Å². The standard InChI is InChI=1S/C16H25NO3S/c1-4-13-9-10-15(20-3)16(11-13)21(18,19)17-14-8-6-5-7-12(14)2/h9-12,14,17H,4-8H2,1-3H3/t12-,14+/m1/s1. The lowest BCUT2D eigenvalue weighted by Crippen LogP contribution is -2.41. The van der Waals surface area contributed by atoms with Crippen molar-refractivity contribution in [1.82, 2.24) is 4.72 Å². The largest absolute Gasteiger partial charge is 0.495 e. The van der Waals surface area contributed by atoms with Gasteiger partial charge in [0.2, 0.25) is 10.0 Å². The summed E-state index contributed by atoms with van der Waals surface area (Å²) in [5.41, 5.74) is 0.993. The molecule has 5 heteroatoms. The van der Waals surface area contributed by atoms with Crippen LogP contribution in [0.25, 0.3) is 0 Å². The van der Waals surface area contributed by atoms with E-state index < -0.39 is 10.0 Å². The van der Waals surface area contributed by atoms with Crippen LogP contribution in [0, 0.1) is 5.92 Å². The molecule has 1 fully saturated rings. The minimum atomic E-state index is -3.54. The second-order valence-electron chi connectivity index (χ2n) is 5.83. The fourth-order valence-electron chi connectivity index (χ4n) is 2.91. The van der Waals surface area contributed by atoms with E-state index in [4.69, 9.17) is 4.74 Å². The molecule has 2 atom stereocenters. The number of ether oxygens (including phenoxy) is 1. The number of sulfonamides is 1. The van der Waals surface area contributed by atoms with E-state index in [-0.39, 0.29) is 10.9 Å². The van der Waals surface area contributed by atoms with Crippen LogP contribution in [-0.2, 0) is 16.4 Å². The minimum Gasteiger partial charge on any atom is -0.495 e. The molecule has 1 aromatic carbocycles. The molecule has 0 unspecified atom stereocenters. The molecule has 0 heterocycles. The molecule has 2 rings (SSSR count). The highest BCUT2D eigenvalue weighted by molar-refractivity contribution is 7.89. The van der Waals surface area contributed by atoms with Gasteiger partial charge in [-0.15, -0.1) is 0 Å². The van der Waals surface area contributed by atoms with Crippen LogP contribution in [0.2, 0.25) is 0 Å². The van der Waals surface area contributed by atoms with Crippen LogP contribution >= 0.6 is 0 Å². The van der Waals surface area contributed by atoms with Crippen LogP contribution in [0.15, 0.2) is 23.1 Å². The normalized spacial score (nSPS) is 23.0. The number of rotatable bonds is 5. The Labute approximate surface area is 127 Å². The van der Waals surface area contributed by atoms with E-state index in [9.17, 15) is 8.42 Å². The van der Waals surface area contributed by atoms with Crippen molar-refractivity contribution in [2.24, 2.45) is 5.92 Å². The molecular formula is C16H25NO3S. The third-order valence-electron chi connectivity index (χ3n) is 4.34. The maximum absolute atomic E-state index is 12.7. The molecule has 0 radical (unpaired) electrons. The number of aryl methyl sites for hydroxylation is 1. The summed E-state index contributed by atoms with van der Waals surface area (Å²) in [6.45, 7) is 4.13. The van der Waals surface area contributed by atoms with Crippen molar-refractivity contribution in [3.05, 3.63) is 23.8 Å². The molecule has 21 heavy (non-hydrogen) atoms. The van der Waals surface area contributed by atoms with Crippen LogP contribution in [-0.4, -0.2) is 21.6 Å². The first kappa shape index (κ1) is 16.3. The highest BCUT2D eigenvalue weighted by Gasteiger charge is 2.28. The Morgan fingerprint density at radius 3 is 2.62 bits per heavy atom. The number of benzene rings is 1. The number of nitrogens with one attached hydrogen (secondary N) is 1. The maximum atomic E-state index is 12.7. The Morgan fingerprint density at radius 2 is 2.00 bits per heavy atom. The van der Waals surface area contributed by atoms with Crippen molar-refractivity contribution in [2.45, 2.75) is 56.9 Å². The maximum Gasteiger partial charge on any atom is 0.244 e. The Kier molecular flexibility index (Phi) is 5.27. The minimum absolute atomic E-state index is 0.0266. The predicted molar refractivity (Wildman–Crippen MR) is 84.1 cm³/mol. The summed E-state index contributed by atoms with van der Waals surface area (Å²) >= 11 is 0. The fraction of sp³-hybridized carbons (Fsp3) is 0.625. The first-order chi connectivity index (χ1) is 9.97. The molecule has 1 aromatic rings. The molecule has 0 bridgehead atoms. The topological polar surface area (TPSA) is 55.4 Å². The zero-order valence-electron chi connectivity index (χ0n) is 13.1. The lowest BCUT2D eigenvalue weighted by atomic mass is 9.87. The van der Waals surface area contributed by atoms with Crippen LogP contribution < -0.4 is 9.46 Å². The lowest BCUT2D eigenvalue weighted by Gasteiger charge is -2.29. The molecule has 118 valence electrons. The van der Waals surface area contributed by atoms with E-state index in [1.807, 2.05) is 13.0 Å². The zero-order valence-corrected chi connectivity index (χ0v) is 13.9. The van der Waals surface area contributed by atoms with E-state index in [0.717, 1.165) is 31.2 Å². The molecule has 1 aliphatic carbocycles. The molecule has 1 N–H and O–H groups in total. The Hall–Kier alpha value is -1.07. The molecule has 1 aliphatic rings. The molecule has 4 nitrogen and oxygen atoms in total. The predicted octanol–water partition coefficient (Wildman–Crippen LogP) is 3.11. The van der Waals surface area contributed by atoms with E-state index in [0.29, 0.717) is 11.7 Å². The van der Waals surface area contributed by atoms with Crippen molar-refractivity contribution in [1.29, 1.82) is 0 Å². The summed E-state index contributed by atoms with van der Waals surface area (Å²) in [6.07, 6.45) is 5.07. The van der Waals surface area contributed by atoms with Gasteiger partial charge in [-0.2, -0.15) is 0 Å². The highest BCUT2D eigenvalue weighted by atomic mass is 32.2. The third kappa shape index (κ3) is 3.77. The molecule has 0 saturated heterocycles. The molecule has 0 spiro atoms. The van der Waals surface area contributed by atoms with Gasteiger partial charge in [0.1, 0.15) is 10.6 Å². The molecule has 0 aromatic heterocycles. The summed E-state index contributed by atoms with van der Waals surface area (Å²) in [7, 11) is -2.04. The van der Waals surface area contributed by atoms with E-state index in [1.54, 1.807) is 12.1 Å². The van der Waals surface area contributed by atoms with Gasteiger partial charge in [0.25, 0.3) is 0 Å². The van der Waals surface area contributed by atoms with Gasteiger partial charge in [-0.05, 0) is 42.9 Å². The molecular weight excluding hydrogens is 286 g/mol. The average molecular weight is 311 g/mol. The van der Waals surface area contributed by atoms with Gasteiger partial charge < -0.3 is 4.74 Å². The van der Waals surface area contributed by atoms with Gasteiger partial charge >= 0.3 is 0 Å². The van der Waals surface area contributed by atoms with Gasteiger partial charge in [0.05, 0.1) is 7.11 Å². The zero-order chi connectivity index (χ0) is 15.5. The Morgan fingerprint density at radius 1 is 1.29 bits per heavy atom. The first-order valence-electron chi connectivity index (χ1n) is 7.67. The Bertz CT molecular complexity index is 583. The summed E-state index contributed by atoms with van der Waals surface area (Å²) in [5.74, 6) is 0.789. The number of hydrogen-bond donors (Lipinski definition) is 1. The number of methoxy groups -OCH3 is 1. The van der Waals surface area contributed by atoms with Gasteiger partial charge in [-0.3, -0.25) is 0 Å². The van der Waals surface area contributed by atoms with Gasteiger partial charge in [0.15, 0.2) is 0 Å². The van der Waals surface area contributed by atoms with Crippen molar-refractivity contribution in [3.8, 4) is 5.75 Å².